The number of nitrogens with two attached hydrogens (primary N) is 1. The average molecular weight is 156 g/mol. The summed E-state index contributed by atoms with van der Waals surface area (Å²) in [4.78, 5) is 22.7. The van der Waals surface area contributed by atoms with Crippen molar-refractivity contribution < 1.29 is 9.59 Å². The molecule has 0 spiro atoms. The number of primary amides is 1. The van der Waals surface area contributed by atoms with Gasteiger partial charge < -0.3 is 10.5 Å². The van der Waals surface area contributed by atoms with Crippen molar-refractivity contribution in [3.63, 3.8) is 0 Å². The molecule has 1 fully saturated rings. The fraction of sp³-hybridized carbons (Fsp3) is 0.714. The van der Waals surface area contributed by atoms with Gasteiger partial charge in [0.1, 0.15) is 6.29 Å². The fourth-order valence-corrected chi connectivity index (χ4v) is 1.46. The first-order valence-electron chi connectivity index (χ1n) is 3.72. The quantitative estimate of drug-likeness (QED) is 0.540. The molecule has 4 nitrogen and oxygen atoms in total. The van der Waals surface area contributed by atoms with Crippen LogP contribution in [0, 0.1) is 0 Å². The van der Waals surface area contributed by atoms with Crippen molar-refractivity contribution in [1.29, 1.82) is 0 Å². The molecule has 0 aliphatic carbocycles. The average Bonchev–Trinajstić information content (AvgIpc) is 2.36. The molecule has 1 atom stereocenters. The van der Waals surface area contributed by atoms with Crippen LogP contribution in [0.5, 0.6) is 0 Å². The maximum atomic E-state index is 10.8. The number of carbonyl (C=O) groups excluding carboxylic acids is 2. The van der Waals surface area contributed by atoms with E-state index in [2.05, 4.69) is 0 Å². The van der Waals surface area contributed by atoms with Gasteiger partial charge in [0.05, 0.1) is 12.6 Å². The van der Waals surface area contributed by atoms with E-state index in [1.165, 1.54) is 0 Å². The number of hydrogen-bond acceptors (Lipinski definition) is 3. The van der Waals surface area contributed by atoms with E-state index in [0.29, 0.717) is 6.54 Å². The van der Waals surface area contributed by atoms with E-state index in [1.54, 1.807) is 0 Å². The number of aldehydes is 1. The molecule has 1 heterocycles. The zero-order chi connectivity index (χ0) is 8.27. The van der Waals surface area contributed by atoms with Crippen molar-refractivity contribution in [2.45, 2.75) is 18.9 Å². The van der Waals surface area contributed by atoms with E-state index in [9.17, 15) is 9.59 Å². The van der Waals surface area contributed by atoms with Crippen LogP contribution < -0.4 is 5.73 Å². The molecule has 1 rings (SSSR count). The van der Waals surface area contributed by atoms with Crippen LogP contribution in [-0.2, 0) is 9.59 Å². The van der Waals surface area contributed by atoms with Crippen molar-refractivity contribution >= 4 is 12.2 Å². The Kier molecular flexibility index (Phi) is 2.59. The Labute approximate surface area is 65.3 Å². The predicted octanol–water partition coefficient (Wildman–Crippen LogP) is -0.865. The van der Waals surface area contributed by atoms with Crippen molar-refractivity contribution in [3.8, 4) is 0 Å². The molecule has 1 aliphatic heterocycles. The molecule has 0 aromatic carbocycles. The zero-order valence-corrected chi connectivity index (χ0v) is 6.32. The van der Waals surface area contributed by atoms with Gasteiger partial charge in [-0.25, -0.2) is 0 Å². The monoisotopic (exact) mass is 156 g/mol. The summed E-state index contributed by atoms with van der Waals surface area (Å²) in [5.74, 6) is -0.315. The lowest BCUT2D eigenvalue weighted by Crippen LogP contribution is -2.40. The lowest BCUT2D eigenvalue weighted by Gasteiger charge is -2.17. The Bertz CT molecular complexity index is 170. The van der Waals surface area contributed by atoms with Gasteiger partial charge in [-0.2, -0.15) is 0 Å². The van der Waals surface area contributed by atoms with Crippen LogP contribution in [0.1, 0.15) is 12.8 Å². The second-order valence-corrected chi connectivity index (χ2v) is 2.72. The molecule has 2 N–H and O–H groups in total. The van der Waals surface area contributed by atoms with Crippen LogP contribution in [0.4, 0.5) is 0 Å². The molecule has 11 heavy (non-hydrogen) atoms. The highest BCUT2D eigenvalue weighted by molar-refractivity contribution is 5.80. The summed E-state index contributed by atoms with van der Waals surface area (Å²) in [7, 11) is 0. The molecular weight excluding hydrogens is 144 g/mol. The second kappa shape index (κ2) is 3.48. The van der Waals surface area contributed by atoms with Gasteiger partial charge in [0.2, 0.25) is 5.91 Å². The minimum atomic E-state index is -0.315. The SMILES string of the molecule is NC(=O)C1CCCN1CC=O. The first-order valence-corrected chi connectivity index (χ1v) is 3.72. The van der Waals surface area contributed by atoms with Crippen molar-refractivity contribution in [3.05, 3.63) is 0 Å². The second-order valence-electron chi connectivity index (χ2n) is 2.72. The van der Waals surface area contributed by atoms with Crippen molar-refractivity contribution in [1.82, 2.24) is 4.90 Å². The van der Waals surface area contributed by atoms with E-state index in [0.717, 1.165) is 25.7 Å². The maximum absolute atomic E-state index is 10.8. The summed E-state index contributed by atoms with van der Waals surface area (Å²) in [6, 6.07) is -0.208. The van der Waals surface area contributed by atoms with Gasteiger partial charge >= 0.3 is 0 Å². The number of nitrogens with zero attached hydrogens (tertiary/aromatic N) is 1. The highest BCUT2D eigenvalue weighted by Crippen LogP contribution is 2.15. The van der Waals surface area contributed by atoms with Crippen LogP contribution in [0.15, 0.2) is 0 Å². The third-order valence-electron chi connectivity index (χ3n) is 2.00. The Morgan fingerprint density at radius 2 is 2.45 bits per heavy atom. The van der Waals surface area contributed by atoms with Crippen molar-refractivity contribution in [2.24, 2.45) is 5.73 Å². The summed E-state index contributed by atoms with van der Waals surface area (Å²) in [6.07, 6.45) is 2.56. The van der Waals surface area contributed by atoms with Gasteiger partial charge in [0.25, 0.3) is 0 Å². The zero-order valence-electron chi connectivity index (χ0n) is 6.32. The summed E-state index contributed by atoms with van der Waals surface area (Å²) in [5.41, 5.74) is 5.12. The lowest BCUT2D eigenvalue weighted by atomic mass is 10.2. The minimum Gasteiger partial charge on any atom is -0.368 e. The first-order chi connectivity index (χ1) is 5.25. The van der Waals surface area contributed by atoms with Crippen LogP contribution in [0.2, 0.25) is 0 Å². The normalized spacial score (nSPS) is 25.3. The number of carbonyl (C=O) groups is 2. The van der Waals surface area contributed by atoms with Crippen LogP contribution in [0.25, 0.3) is 0 Å². The summed E-state index contributed by atoms with van der Waals surface area (Å²) in [6.45, 7) is 1.14. The number of likely N-dealkylation sites (tertiary alicyclic amines) is 1. The molecule has 0 radical (unpaired) electrons. The topological polar surface area (TPSA) is 63.4 Å². The van der Waals surface area contributed by atoms with Gasteiger partial charge in [-0.1, -0.05) is 0 Å². The smallest absolute Gasteiger partial charge is 0.234 e. The number of rotatable bonds is 3. The molecule has 1 amide bonds. The largest absolute Gasteiger partial charge is 0.368 e. The molecule has 1 saturated heterocycles. The minimum absolute atomic E-state index is 0.208. The highest BCUT2D eigenvalue weighted by Gasteiger charge is 2.27. The molecule has 4 heteroatoms. The lowest BCUT2D eigenvalue weighted by molar-refractivity contribution is -0.122. The third-order valence-corrected chi connectivity index (χ3v) is 2.00. The van der Waals surface area contributed by atoms with E-state index >= 15 is 0 Å². The van der Waals surface area contributed by atoms with E-state index in [4.69, 9.17) is 5.73 Å². The Morgan fingerprint density at radius 3 is 3.00 bits per heavy atom. The first kappa shape index (κ1) is 8.20. The molecule has 1 unspecified atom stereocenters. The van der Waals surface area contributed by atoms with Crippen LogP contribution in [0.3, 0.4) is 0 Å². The fourth-order valence-electron chi connectivity index (χ4n) is 1.46. The molecule has 0 saturated carbocycles. The Hall–Kier alpha value is -0.900. The van der Waals surface area contributed by atoms with Crippen LogP contribution >= 0.6 is 0 Å². The maximum Gasteiger partial charge on any atom is 0.234 e. The Balaban J connectivity index is 2.50. The van der Waals surface area contributed by atoms with E-state index < -0.39 is 0 Å². The standard InChI is InChI=1S/C7H12N2O2/c8-7(11)6-2-1-3-9(6)4-5-10/h5-6H,1-4H2,(H2,8,11). The predicted molar refractivity (Wildman–Crippen MR) is 39.9 cm³/mol. The van der Waals surface area contributed by atoms with E-state index in [1.807, 2.05) is 4.90 Å². The highest BCUT2D eigenvalue weighted by atomic mass is 16.1. The van der Waals surface area contributed by atoms with E-state index in [-0.39, 0.29) is 11.9 Å². The Morgan fingerprint density at radius 1 is 1.73 bits per heavy atom. The summed E-state index contributed by atoms with van der Waals surface area (Å²) in [5, 5.41) is 0. The molecule has 1 aliphatic rings. The molecule has 0 aromatic rings. The third kappa shape index (κ3) is 1.77. The van der Waals surface area contributed by atoms with Gasteiger partial charge in [-0.05, 0) is 19.4 Å². The summed E-state index contributed by atoms with van der Waals surface area (Å²) >= 11 is 0. The number of hydrogen-bond donors (Lipinski definition) is 1. The number of amides is 1. The van der Waals surface area contributed by atoms with Gasteiger partial charge in [-0.3, -0.25) is 9.69 Å². The van der Waals surface area contributed by atoms with Crippen molar-refractivity contribution in [2.75, 3.05) is 13.1 Å². The van der Waals surface area contributed by atoms with Gasteiger partial charge in [0, 0.05) is 0 Å². The molecular formula is C7H12N2O2. The molecule has 0 bridgehead atoms. The molecule has 0 aromatic heterocycles. The van der Waals surface area contributed by atoms with Gasteiger partial charge in [-0.15, -0.1) is 0 Å². The summed E-state index contributed by atoms with van der Waals surface area (Å²) < 4.78 is 0. The van der Waals surface area contributed by atoms with Gasteiger partial charge in [0.15, 0.2) is 0 Å². The molecule has 62 valence electrons. The van der Waals surface area contributed by atoms with Crippen LogP contribution in [-0.4, -0.2) is 36.2 Å².